The molecular weight excluding hydrogens is 896 g/mol. The number of benzene rings is 2. The monoisotopic (exact) mass is 965 g/mol. The smallest absolute Gasteiger partial charge is 0.233 e. The van der Waals surface area contributed by atoms with Crippen molar-refractivity contribution < 1.29 is 23.5 Å². The molecule has 4 saturated heterocycles. The number of carbonyl (C=O) groups excluding carboxylic acids is 1. The number of anilines is 3. The third-order valence-electron chi connectivity index (χ3n) is 18.2. The van der Waals surface area contributed by atoms with Crippen LogP contribution in [0.25, 0.3) is 0 Å². The molecule has 9 aliphatic rings. The number of aryl methyl sites for hydroxylation is 2. The predicted octanol–water partition coefficient (Wildman–Crippen LogP) is 8.64. The summed E-state index contributed by atoms with van der Waals surface area (Å²) < 4.78 is 17.0. The molecule has 1 atom stereocenters. The molecule has 0 bridgehead atoms. The fourth-order valence-electron chi connectivity index (χ4n) is 13.9. The highest BCUT2D eigenvalue weighted by atomic mass is 35.5. The highest BCUT2D eigenvalue weighted by Crippen LogP contribution is 2.50. The molecule has 7 aliphatic heterocycles. The molecule has 1 amide bonds. The summed E-state index contributed by atoms with van der Waals surface area (Å²) in [5.74, 6) is 3.75. The average molecular weight is 966 g/mol. The molecule has 13 nitrogen and oxygen atoms in total. The van der Waals surface area contributed by atoms with Crippen LogP contribution >= 0.6 is 11.6 Å². The van der Waals surface area contributed by atoms with Crippen molar-refractivity contribution in [3.63, 3.8) is 0 Å². The van der Waals surface area contributed by atoms with Crippen molar-refractivity contribution >= 4 is 52.5 Å². The van der Waals surface area contributed by atoms with E-state index in [1.165, 1.54) is 46.5 Å². The second kappa shape index (κ2) is 18.4. The van der Waals surface area contributed by atoms with Crippen LogP contribution in [0, 0.1) is 35.0 Å². The molecule has 70 heavy (non-hydrogen) atoms. The number of amidine groups is 1. The number of fused-ring (bicyclic) bond motifs is 1. The van der Waals surface area contributed by atoms with Crippen molar-refractivity contribution in [2.75, 3.05) is 80.3 Å². The van der Waals surface area contributed by atoms with Crippen LogP contribution in [0.4, 0.5) is 17.2 Å². The SMILES string of the molecule is CC(=O)N1CCC2=C(C1)C(N1CCCc3cc(C4COC4)c(C)cc31)=N/[N+]2=C\C1CCC(=[N+]2CCC3(CC2)CC(Oc2ccc(N4CCC5(CC4)C[C@H](C)N(c4ccc(C#N)c(Cl)c4)C5)nn2)C3)CC1. The molecule has 2 saturated carbocycles. The highest BCUT2D eigenvalue weighted by molar-refractivity contribution is 6.32. The molecular formula is C56H69ClN10O3+2. The summed E-state index contributed by atoms with van der Waals surface area (Å²) in [6, 6.07) is 17.4. The van der Waals surface area contributed by atoms with E-state index in [4.69, 9.17) is 26.2 Å². The Hall–Kier alpha value is -5.32. The average Bonchev–Trinajstić information content (AvgIpc) is 3.87. The zero-order valence-corrected chi connectivity index (χ0v) is 42.2. The first-order chi connectivity index (χ1) is 34.0. The van der Waals surface area contributed by atoms with Crippen molar-refractivity contribution in [1.82, 2.24) is 15.1 Å². The first-order valence-electron chi connectivity index (χ1n) is 26.5. The van der Waals surface area contributed by atoms with Gasteiger partial charge in [-0.05, 0) is 129 Å². The first kappa shape index (κ1) is 45.8. The number of halogens is 1. The van der Waals surface area contributed by atoms with Gasteiger partial charge in [0.2, 0.25) is 23.3 Å². The van der Waals surface area contributed by atoms with Gasteiger partial charge in [0.05, 0.1) is 42.3 Å². The number of nitriles is 1. The van der Waals surface area contributed by atoms with Gasteiger partial charge in [-0.2, -0.15) is 5.26 Å². The molecule has 6 fully saturated rings. The van der Waals surface area contributed by atoms with Crippen LogP contribution in [0.2, 0.25) is 5.02 Å². The zero-order chi connectivity index (χ0) is 47.7. The third kappa shape index (κ3) is 8.58. The van der Waals surface area contributed by atoms with E-state index in [9.17, 15) is 10.1 Å². The Bertz CT molecular complexity index is 2720. The van der Waals surface area contributed by atoms with Crippen molar-refractivity contribution in [3.8, 4) is 11.9 Å². The van der Waals surface area contributed by atoms with Gasteiger partial charge in [-0.1, -0.05) is 22.4 Å². The summed E-state index contributed by atoms with van der Waals surface area (Å²) in [7, 11) is 0. The molecule has 12 rings (SSSR count). The maximum atomic E-state index is 12.7. The molecule has 0 radical (unpaired) electrons. The predicted molar refractivity (Wildman–Crippen MR) is 274 cm³/mol. The Morgan fingerprint density at radius 3 is 2.44 bits per heavy atom. The van der Waals surface area contributed by atoms with Gasteiger partial charge in [-0.3, -0.25) is 4.79 Å². The maximum absolute atomic E-state index is 12.7. The molecule has 3 aromatic rings. The van der Waals surface area contributed by atoms with E-state index in [-0.39, 0.29) is 17.4 Å². The number of rotatable bonds is 6. The fraction of sp³-hybridized carbons (Fsp3) is 0.589. The number of hydrogen-bond acceptors (Lipinski definition) is 10. The number of amides is 1. The Morgan fingerprint density at radius 1 is 0.943 bits per heavy atom. The number of nitrogens with zero attached hydrogens (tertiary/aromatic N) is 10. The molecule has 2 aromatic carbocycles. The first-order valence-corrected chi connectivity index (χ1v) is 26.9. The molecule has 366 valence electrons. The number of carbonyl (C=O) groups is 1. The molecule has 8 heterocycles. The second-order valence-corrected chi connectivity index (χ2v) is 23.0. The lowest BCUT2D eigenvalue weighted by Crippen LogP contribution is -2.50. The minimum Gasteiger partial charge on any atom is -0.473 e. The second-order valence-electron chi connectivity index (χ2n) is 22.6. The van der Waals surface area contributed by atoms with Crippen LogP contribution < -0.4 is 19.4 Å². The lowest BCUT2D eigenvalue weighted by Gasteiger charge is -2.48. The number of hydrogen-bond donors (Lipinski definition) is 0. The summed E-state index contributed by atoms with van der Waals surface area (Å²) in [6.45, 7) is 15.5. The van der Waals surface area contributed by atoms with Crippen molar-refractivity contribution in [2.45, 2.75) is 129 Å². The van der Waals surface area contributed by atoms with Crippen molar-refractivity contribution in [2.24, 2.45) is 21.8 Å². The summed E-state index contributed by atoms with van der Waals surface area (Å²) in [5.41, 5.74) is 11.9. The van der Waals surface area contributed by atoms with Crippen LogP contribution in [0.1, 0.15) is 125 Å². The number of aromatic nitrogens is 2. The maximum Gasteiger partial charge on any atom is 0.233 e. The lowest BCUT2D eigenvalue weighted by molar-refractivity contribution is -0.550. The highest BCUT2D eigenvalue weighted by Gasteiger charge is 2.50. The molecule has 0 unspecified atom stereocenters. The molecule has 0 N–H and O–H groups in total. The Labute approximate surface area is 418 Å². The number of ether oxygens (including phenoxy) is 2. The summed E-state index contributed by atoms with van der Waals surface area (Å²) in [6.07, 6.45) is 18.4. The lowest BCUT2D eigenvalue weighted by atomic mass is 9.61. The molecule has 2 spiro atoms. The van der Waals surface area contributed by atoms with Crippen LogP contribution in [-0.4, -0.2) is 126 Å². The minimum atomic E-state index is 0.139. The van der Waals surface area contributed by atoms with Gasteiger partial charge < -0.3 is 29.1 Å². The van der Waals surface area contributed by atoms with Crippen LogP contribution in [0.3, 0.4) is 0 Å². The van der Waals surface area contributed by atoms with Crippen molar-refractivity contribution in [1.29, 1.82) is 5.26 Å². The van der Waals surface area contributed by atoms with Crippen LogP contribution in [0.15, 0.2) is 58.8 Å². The third-order valence-corrected chi connectivity index (χ3v) is 18.5. The minimum absolute atomic E-state index is 0.139. The van der Waals surface area contributed by atoms with E-state index in [0.29, 0.717) is 46.3 Å². The van der Waals surface area contributed by atoms with Gasteiger partial charge in [0, 0.05) is 106 Å². The van der Waals surface area contributed by atoms with Crippen LogP contribution in [-0.2, 0) is 16.0 Å². The fourth-order valence-corrected chi connectivity index (χ4v) is 14.1. The molecule has 1 aromatic heterocycles. The van der Waals surface area contributed by atoms with E-state index in [1.54, 1.807) is 12.6 Å². The summed E-state index contributed by atoms with van der Waals surface area (Å²) >= 11 is 6.42. The van der Waals surface area contributed by atoms with Gasteiger partial charge in [0.1, 0.15) is 25.3 Å². The Morgan fingerprint density at radius 2 is 1.74 bits per heavy atom. The van der Waals surface area contributed by atoms with Gasteiger partial charge >= 0.3 is 0 Å². The summed E-state index contributed by atoms with van der Waals surface area (Å²) in [4.78, 5) is 22.0. The van der Waals surface area contributed by atoms with Crippen molar-refractivity contribution in [3.05, 3.63) is 81.0 Å². The Kier molecular flexibility index (Phi) is 12.0. The summed E-state index contributed by atoms with van der Waals surface area (Å²) in [5, 5.41) is 24.5. The number of hydrazone groups is 1. The van der Waals surface area contributed by atoms with E-state index in [2.05, 4.69) is 78.5 Å². The van der Waals surface area contributed by atoms with Crippen LogP contribution in [0.5, 0.6) is 5.88 Å². The van der Waals surface area contributed by atoms with Gasteiger partial charge in [0.15, 0.2) is 17.7 Å². The largest absolute Gasteiger partial charge is 0.473 e. The zero-order valence-electron chi connectivity index (χ0n) is 41.5. The van der Waals surface area contributed by atoms with E-state index in [1.807, 2.05) is 29.2 Å². The number of piperidine rings is 2. The van der Waals surface area contributed by atoms with E-state index >= 15 is 0 Å². The quantitative estimate of drug-likeness (QED) is 0.224. The molecule has 14 heteroatoms. The molecule has 2 aliphatic carbocycles. The normalized spacial score (nSPS) is 28.2. The van der Waals surface area contributed by atoms with E-state index in [0.717, 1.165) is 153 Å². The van der Waals surface area contributed by atoms with Gasteiger partial charge in [-0.15, -0.1) is 10.2 Å². The van der Waals surface area contributed by atoms with Gasteiger partial charge in [-0.25, -0.2) is 4.58 Å². The standard InChI is InChI=1S/C56H69ClN10O3/c1-37-25-51-41(26-47(37)43-34-69-35-43)5-4-19-65(51)54-48-33-64(39(3)68)20-14-50(48)67(61-54)32-40-6-9-44(10-7-40)62-21-15-55(16-22-62)29-46(30-55)70-53-13-12-52(59-60-53)63-23-17-56(18-24-63)28-38(2)66(36-56)45-11-8-42(31-58)49(57)27-45/h8,11-13,25-27,32,38,40,43,46H,4-7,9-10,14-24,28-30,33-36H2,1-3H3/q+2/b62-44?,67-32-/t38-,40?,46?,55?/m0/s1. The van der Waals surface area contributed by atoms with Gasteiger partial charge in [0.25, 0.3) is 0 Å². The topological polar surface area (TPSA) is 116 Å². The van der Waals surface area contributed by atoms with E-state index < -0.39 is 0 Å². The Balaban J connectivity index is 0.627.